The third-order valence-electron chi connectivity index (χ3n) is 4.29. The maximum absolute atomic E-state index is 9.00. The van der Waals surface area contributed by atoms with E-state index in [4.69, 9.17) is 25.5 Å². The molecule has 0 saturated heterocycles. The maximum Gasteiger partial charge on any atom is 0.300 e. The van der Waals surface area contributed by atoms with Gasteiger partial charge >= 0.3 is 0 Å². The molecular weight excluding hydrogens is 360 g/mol. The number of rotatable bonds is 3. The van der Waals surface area contributed by atoms with Gasteiger partial charge in [-0.3, -0.25) is 14.6 Å². The average molecular weight is 390 g/mol. The Hall–Kier alpha value is -2.74. The SMILES string of the molecule is CC(=O)O.CC(=O)O.Cc1ccc(-c2nccn2[C@@H]2CCC[C@H](CN)C2)nc1. The monoisotopic (exact) mass is 390 g/mol. The van der Waals surface area contributed by atoms with E-state index in [-0.39, 0.29) is 0 Å². The average Bonchev–Trinajstić information content (AvgIpc) is 3.11. The minimum absolute atomic E-state index is 0.512. The molecule has 8 heteroatoms. The number of carboxylic acids is 2. The number of nitrogens with two attached hydrogens (primary N) is 1. The molecule has 0 aliphatic heterocycles. The summed E-state index contributed by atoms with van der Waals surface area (Å²) in [6.45, 7) is 5.01. The molecule has 2 aromatic heterocycles. The fourth-order valence-corrected chi connectivity index (χ4v) is 3.14. The summed E-state index contributed by atoms with van der Waals surface area (Å²) in [6.07, 6.45) is 10.8. The van der Waals surface area contributed by atoms with Crippen LogP contribution in [-0.4, -0.2) is 43.2 Å². The summed E-state index contributed by atoms with van der Waals surface area (Å²) in [6, 6.07) is 4.65. The number of hydrogen-bond acceptors (Lipinski definition) is 5. The van der Waals surface area contributed by atoms with Crippen molar-refractivity contribution in [3.8, 4) is 11.5 Å². The third kappa shape index (κ3) is 8.30. The van der Waals surface area contributed by atoms with Crippen LogP contribution in [-0.2, 0) is 9.59 Å². The predicted octanol–water partition coefficient (Wildman–Crippen LogP) is 3.13. The summed E-state index contributed by atoms with van der Waals surface area (Å²) in [7, 11) is 0. The molecular formula is C20H30N4O4. The molecule has 8 nitrogen and oxygen atoms in total. The van der Waals surface area contributed by atoms with Crippen molar-refractivity contribution >= 4 is 11.9 Å². The van der Waals surface area contributed by atoms with Crippen LogP contribution in [0.25, 0.3) is 11.5 Å². The molecule has 28 heavy (non-hydrogen) atoms. The molecule has 154 valence electrons. The van der Waals surface area contributed by atoms with Crippen LogP contribution in [0.3, 0.4) is 0 Å². The van der Waals surface area contributed by atoms with Gasteiger partial charge in [-0.2, -0.15) is 0 Å². The number of carboxylic acid groups (broad SMARTS) is 2. The maximum atomic E-state index is 9.00. The largest absolute Gasteiger partial charge is 0.481 e. The Balaban J connectivity index is 0.000000420. The van der Waals surface area contributed by atoms with Gasteiger partial charge < -0.3 is 20.5 Å². The highest BCUT2D eigenvalue weighted by Crippen LogP contribution is 2.34. The lowest BCUT2D eigenvalue weighted by molar-refractivity contribution is -0.135. The molecule has 1 aliphatic carbocycles. The van der Waals surface area contributed by atoms with Crippen molar-refractivity contribution in [3.05, 3.63) is 36.3 Å². The molecule has 3 rings (SSSR count). The van der Waals surface area contributed by atoms with E-state index in [9.17, 15) is 0 Å². The number of aryl methyl sites for hydroxylation is 1. The number of aromatic nitrogens is 3. The minimum atomic E-state index is -0.833. The van der Waals surface area contributed by atoms with Gasteiger partial charge in [0.05, 0.1) is 0 Å². The highest BCUT2D eigenvalue weighted by Gasteiger charge is 2.24. The van der Waals surface area contributed by atoms with Crippen molar-refractivity contribution in [1.82, 2.24) is 14.5 Å². The van der Waals surface area contributed by atoms with Crippen LogP contribution in [0.1, 0.15) is 51.1 Å². The van der Waals surface area contributed by atoms with Crippen LogP contribution in [0.5, 0.6) is 0 Å². The van der Waals surface area contributed by atoms with Crippen LogP contribution < -0.4 is 5.73 Å². The lowest BCUT2D eigenvalue weighted by Gasteiger charge is -2.30. The fourth-order valence-electron chi connectivity index (χ4n) is 3.14. The number of aliphatic carboxylic acids is 2. The van der Waals surface area contributed by atoms with Crippen molar-refractivity contribution in [2.45, 2.75) is 52.5 Å². The molecule has 1 fully saturated rings. The van der Waals surface area contributed by atoms with Gasteiger partial charge in [0.15, 0.2) is 5.82 Å². The van der Waals surface area contributed by atoms with E-state index in [1.807, 2.05) is 12.4 Å². The van der Waals surface area contributed by atoms with Gasteiger partial charge in [-0.25, -0.2) is 4.98 Å². The summed E-state index contributed by atoms with van der Waals surface area (Å²) < 4.78 is 2.29. The molecule has 2 atom stereocenters. The Bertz CT molecular complexity index is 723. The van der Waals surface area contributed by atoms with Crippen LogP contribution in [0, 0.1) is 12.8 Å². The second-order valence-electron chi connectivity index (χ2n) is 6.84. The van der Waals surface area contributed by atoms with Crippen molar-refractivity contribution in [2.75, 3.05) is 6.54 Å². The van der Waals surface area contributed by atoms with E-state index in [0.29, 0.717) is 12.0 Å². The number of pyridine rings is 1. The Morgan fingerprint density at radius 2 is 1.82 bits per heavy atom. The molecule has 0 amide bonds. The van der Waals surface area contributed by atoms with Crippen LogP contribution in [0.2, 0.25) is 0 Å². The van der Waals surface area contributed by atoms with E-state index in [1.54, 1.807) is 0 Å². The quantitative estimate of drug-likeness (QED) is 0.733. The summed E-state index contributed by atoms with van der Waals surface area (Å²) in [5.41, 5.74) is 7.98. The molecule has 0 radical (unpaired) electrons. The summed E-state index contributed by atoms with van der Waals surface area (Å²) in [5, 5.41) is 14.8. The highest BCUT2D eigenvalue weighted by molar-refractivity contribution is 5.63. The Morgan fingerprint density at radius 1 is 1.18 bits per heavy atom. The zero-order valence-corrected chi connectivity index (χ0v) is 16.7. The highest BCUT2D eigenvalue weighted by atomic mass is 16.4. The van der Waals surface area contributed by atoms with Gasteiger partial charge in [-0.15, -0.1) is 0 Å². The van der Waals surface area contributed by atoms with Gasteiger partial charge in [-0.05, 0) is 50.3 Å². The number of carbonyl (C=O) groups is 2. The van der Waals surface area contributed by atoms with Gasteiger partial charge in [-0.1, -0.05) is 12.5 Å². The Morgan fingerprint density at radius 3 is 2.36 bits per heavy atom. The van der Waals surface area contributed by atoms with Gasteiger partial charge in [0, 0.05) is 38.5 Å². The van der Waals surface area contributed by atoms with E-state index in [2.05, 4.69) is 39.8 Å². The lowest BCUT2D eigenvalue weighted by atomic mass is 9.85. The molecule has 0 spiro atoms. The number of nitrogens with zero attached hydrogens (tertiary/aromatic N) is 3. The molecule has 1 aliphatic rings. The zero-order chi connectivity index (χ0) is 21.1. The molecule has 0 aromatic carbocycles. The van der Waals surface area contributed by atoms with Crippen LogP contribution in [0.15, 0.2) is 30.7 Å². The fraction of sp³-hybridized carbons (Fsp3) is 0.500. The summed E-state index contributed by atoms with van der Waals surface area (Å²) >= 11 is 0. The first-order valence-electron chi connectivity index (χ1n) is 9.29. The van der Waals surface area contributed by atoms with Gasteiger partial charge in [0.25, 0.3) is 11.9 Å². The standard InChI is InChI=1S/C16H22N4.2C2H4O2/c1-12-5-6-15(19-11-12)16-18-7-8-20(16)14-4-2-3-13(9-14)10-17;2*1-2(3)4/h5-8,11,13-14H,2-4,9-10,17H2,1H3;2*1H3,(H,3,4)/t13-,14+;;/m0../s1. The topological polar surface area (TPSA) is 131 Å². The van der Waals surface area contributed by atoms with E-state index in [0.717, 1.165) is 38.3 Å². The minimum Gasteiger partial charge on any atom is -0.481 e. The van der Waals surface area contributed by atoms with Crippen molar-refractivity contribution in [2.24, 2.45) is 11.7 Å². The van der Waals surface area contributed by atoms with Crippen molar-refractivity contribution < 1.29 is 19.8 Å². The first-order chi connectivity index (χ1) is 13.2. The number of hydrogen-bond donors (Lipinski definition) is 3. The second-order valence-corrected chi connectivity index (χ2v) is 6.84. The van der Waals surface area contributed by atoms with E-state index < -0.39 is 11.9 Å². The third-order valence-corrected chi connectivity index (χ3v) is 4.29. The van der Waals surface area contributed by atoms with E-state index >= 15 is 0 Å². The first kappa shape index (κ1) is 23.3. The Kier molecular flexibility index (Phi) is 9.87. The van der Waals surface area contributed by atoms with Crippen molar-refractivity contribution in [1.29, 1.82) is 0 Å². The second kappa shape index (κ2) is 11.9. The predicted molar refractivity (Wildman–Crippen MR) is 107 cm³/mol. The lowest BCUT2D eigenvalue weighted by Crippen LogP contribution is -2.24. The Labute approximate surface area is 165 Å². The zero-order valence-electron chi connectivity index (χ0n) is 16.7. The van der Waals surface area contributed by atoms with Crippen LogP contribution in [0.4, 0.5) is 0 Å². The molecule has 1 saturated carbocycles. The molecule has 0 bridgehead atoms. The smallest absolute Gasteiger partial charge is 0.300 e. The molecule has 2 heterocycles. The normalized spacial score (nSPS) is 18.1. The van der Waals surface area contributed by atoms with Gasteiger partial charge in [0.2, 0.25) is 0 Å². The van der Waals surface area contributed by atoms with E-state index in [1.165, 1.54) is 24.8 Å². The molecule has 2 aromatic rings. The molecule has 4 N–H and O–H groups in total. The molecule has 0 unspecified atom stereocenters. The number of imidazole rings is 1. The van der Waals surface area contributed by atoms with Gasteiger partial charge in [0.1, 0.15) is 5.69 Å². The van der Waals surface area contributed by atoms with Crippen LogP contribution >= 0.6 is 0 Å². The summed E-state index contributed by atoms with van der Waals surface area (Å²) in [5.74, 6) is -0.0392. The van der Waals surface area contributed by atoms with Crippen molar-refractivity contribution in [3.63, 3.8) is 0 Å². The first-order valence-corrected chi connectivity index (χ1v) is 9.29. The summed E-state index contributed by atoms with van der Waals surface area (Å²) in [4.78, 5) is 27.0.